The number of benzene rings is 2. The third-order valence-electron chi connectivity index (χ3n) is 4.91. The molecule has 2 aromatic carbocycles. The first-order chi connectivity index (χ1) is 15.0. The highest BCUT2D eigenvalue weighted by atomic mass is 19.1. The van der Waals surface area contributed by atoms with Gasteiger partial charge in [-0.2, -0.15) is 0 Å². The van der Waals surface area contributed by atoms with Crippen molar-refractivity contribution in [2.45, 2.75) is 12.8 Å². The number of likely N-dealkylation sites (tertiary alicyclic amines) is 1. The number of nitrogens with one attached hydrogen (secondary N) is 1. The summed E-state index contributed by atoms with van der Waals surface area (Å²) < 4.78 is 23.7. The van der Waals surface area contributed by atoms with E-state index in [0.717, 1.165) is 0 Å². The standard InChI is InChI=1S/C23H25FN2O5/c24-19-10-8-17(9-11-19)22(28)26-13-4-5-18(15-26)23(29)31-16-21(27)25-12-14-30-20-6-2-1-3-7-20/h1-3,6-11,18H,4-5,12-16H2,(H,25,27). The van der Waals surface area contributed by atoms with Crippen molar-refractivity contribution in [2.75, 3.05) is 32.8 Å². The number of carbonyl (C=O) groups is 3. The summed E-state index contributed by atoms with van der Waals surface area (Å²) in [5, 5.41) is 2.63. The molecular formula is C23H25FN2O5. The van der Waals surface area contributed by atoms with E-state index in [-0.39, 0.29) is 25.6 Å². The van der Waals surface area contributed by atoms with Gasteiger partial charge in [-0.15, -0.1) is 0 Å². The van der Waals surface area contributed by atoms with Gasteiger partial charge < -0.3 is 19.7 Å². The number of ether oxygens (including phenoxy) is 2. The van der Waals surface area contributed by atoms with Crippen LogP contribution in [0, 0.1) is 11.7 Å². The summed E-state index contributed by atoms with van der Waals surface area (Å²) in [6.07, 6.45) is 1.23. The molecule has 2 amide bonds. The molecule has 1 heterocycles. The Hall–Kier alpha value is -3.42. The van der Waals surface area contributed by atoms with E-state index < -0.39 is 23.6 Å². The third kappa shape index (κ3) is 6.80. The predicted molar refractivity (Wildman–Crippen MR) is 111 cm³/mol. The van der Waals surface area contributed by atoms with Crippen LogP contribution in [0.2, 0.25) is 0 Å². The summed E-state index contributed by atoms with van der Waals surface area (Å²) in [4.78, 5) is 38.4. The van der Waals surface area contributed by atoms with Crippen molar-refractivity contribution in [3.63, 3.8) is 0 Å². The molecule has 1 aliphatic heterocycles. The molecule has 1 unspecified atom stereocenters. The van der Waals surface area contributed by atoms with Gasteiger partial charge >= 0.3 is 5.97 Å². The van der Waals surface area contributed by atoms with Gasteiger partial charge in [-0.1, -0.05) is 18.2 Å². The second-order valence-corrected chi connectivity index (χ2v) is 7.22. The van der Waals surface area contributed by atoms with Gasteiger partial charge in [0.15, 0.2) is 6.61 Å². The highest BCUT2D eigenvalue weighted by Gasteiger charge is 2.30. The minimum absolute atomic E-state index is 0.210. The molecule has 0 aliphatic carbocycles. The van der Waals surface area contributed by atoms with E-state index in [9.17, 15) is 18.8 Å². The van der Waals surface area contributed by atoms with E-state index in [1.807, 2.05) is 30.3 Å². The summed E-state index contributed by atoms with van der Waals surface area (Å²) in [5.74, 6) is -1.38. The second kappa shape index (κ2) is 11.1. The summed E-state index contributed by atoms with van der Waals surface area (Å²) >= 11 is 0. The number of para-hydroxylation sites is 1. The molecule has 164 valence electrons. The predicted octanol–water partition coefficient (Wildman–Crippen LogP) is 2.42. The molecular weight excluding hydrogens is 403 g/mol. The van der Waals surface area contributed by atoms with Gasteiger partial charge in [-0.05, 0) is 49.2 Å². The maximum absolute atomic E-state index is 13.1. The molecule has 0 aromatic heterocycles. The first-order valence-corrected chi connectivity index (χ1v) is 10.2. The Bertz CT molecular complexity index is 889. The number of rotatable bonds is 8. The van der Waals surface area contributed by atoms with Crippen LogP contribution in [0.4, 0.5) is 4.39 Å². The molecule has 0 bridgehead atoms. The first kappa shape index (κ1) is 22.3. The van der Waals surface area contributed by atoms with Crippen LogP contribution in [0.1, 0.15) is 23.2 Å². The number of carbonyl (C=O) groups excluding carboxylic acids is 3. The third-order valence-corrected chi connectivity index (χ3v) is 4.91. The normalized spacial score (nSPS) is 15.8. The average Bonchev–Trinajstić information content (AvgIpc) is 2.81. The monoisotopic (exact) mass is 428 g/mol. The summed E-state index contributed by atoms with van der Waals surface area (Å²) in [6.45, 7) is 0.928. The Labute approximate surface area is 180 Å². The van der Waals surface area contributed by atoms with Crippen LogP contribution in [-0.2, 0) is 14.3 Å². The van der Waals surface area contributed by atoms with Crippen molar-refractivity contribution in [3.05, 3.63) is 66.0 Å². The van der Waals surface area contributed by atoms with Crippen LogP contribution >= 0.6 is 0 Å². The molecule has 1 aliphatic rings. The lowest BCUT2D eigenvalue weighted by molar-refractivity contribution is -0.153. The summed E-state index contributed by atoms with van der Waals surface area (Å²) in [7, 11) is 0. The number of hydrogen-bond donors (Lipinski definition) is 1. The molecule has 31 heavy (non-hydrogen) atoms. The van der Waals surface area contributed by atoms with Crippen molar-refractivity contribution < 1.29 is 28.2 Å². The van der Waals surface area contributed by atoms with Crippen LogP contribution in [0.5, 0.6) is 5.75 Å². The van der Waals surface area contributed by atoms with E-state index in [1.54, 1.807) is 4.90 Å². The number of piperidine rings is 1. The molecule has 1 fully saturated rings. The topological polar surface area (TPSA) is 84.9 Å². The SMILES string of the molecule is O=C(COC(=O)C1CCCN(C(=O)c2ccc(F)cc2)C1)NCCOc1ccccc1. The van der Waals surface area contributed by atoms with E-state index in [4.69, 9.17) is 9.47 Å². The molecule has 0 spiro atoms. The molecule has 7 nitrogen and oxygen atoms in total. The quantitative estimate of drug-likeness (QED) is 0.516. The fraction of sp³-hybridized carbons (Fsp3) is 0.348. The first-order valence-electron chi connectivity index (χ1n) is 10.2. The molecule has 0 radical (unpaired) electrons. The van der Waals surface area contributed by atoms with Crippen LogP contribution < -0.4 is 10.1 Å². The molecule has 1 N–H and O–H groups in total. The van der Waals surface area contributed by atoms with Gasteiger partial charge in [0, 0.05) is 18.7 Å². The maximum atomic E-state index is 13.1. The fourth-order valence-electron chi connectivity index (χ4n) is 3.31. The lowest BCUT2D eigenvalue weighted by Crippen LogP contribution is -2.43. The average molecular weight is 428 g/mol. The number of hydrogen-bond acceptors (Lipinski definition) is 5. The van der Waals surface area contributed by atoms with Gasteiger partial charge in [0.1, 0.15) is 18.2 Å². The number of nitrogens with zero attached hydrogens (tertiary/aromatic N) is 1. The molecule has 1 saturated heterocycles. The Morgan fingerprint density at radius 3 is 2.55 bits per heavy atom. The van der Waals surface area contributed by atoms with Crippen LogP contribution in [0.25, 0.3) is 0 Å². The number of esters is 1. The molecule has 0 saturated carbocycles. The lowest BCUT2D eigenvalue weighted by atomic mass is 9.97. The minimum atomic E-state index is -0.507. The highest BCUT2D eigenvalue weighted by molar-refractivity contribution is 5.94. The molecule has 2 aromatic rings. The van der Waals surface area contributed by atoms with Crippen LogP contribution in [-0.4, -0.2) is 55.5 Å². The number of halogens is 1. The highest BCUT2D eigenvalue weighted by Crippen LogP contribution is 2.20. The zero-order valence-electron chi connectivity index (χ0n) is 17.1. The van der Waals surface area contributed by atoms with Crippen molar-refractivity contribution in [1.82, 2.24) is 10.2 Å². The minimum Gasteiger partial charge on any atom is -0.492 e. The number of amides is 2. The van der Waals surface area contributed by atoms with Gasteiger partial charge in [-0.25, -0.2) is 4.39 Å². The van der Waals surface area contributed by atoms with Crippen LogP contribution in [0.3, 0.4) is 0 Å². The van der Waals surface area contributed by atoms with E-state index in [0.29, 0.717) is 37.3 Å². The van der Waals surface area contributed by atoms with Gasteiger partial charge in [0.2, 0.25) is 0 Å². The smallest absolute Gasteiger partial charge is 0.311 e. The second-order valence-electron chi connectivity index (χ2n) is 7.22. The van der Waals surface area contributed by atoms with E-state index >= 15 is 0 Å². The van der Waals surface area contributed by atoms with E-state index in [1.165, 1.54) is 24.3 Å². The van der Waals surface area contributed by atoms with Crippen molar-refractivity contribution >= 4 is 17.8 Å². The molecule has 3 rings (SSSR count). The molecule has 8 heteroatoms. The Balaban J connectivity index is 1.38. The van der Waals surface area contributed by atoms with Crippen molar-refractivity contribution in [2.24, 2.45) is 5.92 Å². The Kier molecular flexibility index (Phi) is 7.98. The molecule has 1 atom stereocenters. The fourth-order valence-corrected chi connectivity index (χ4v) is 3.31. The van der Waals surface area contributed by atoms with Gasteiger partial charge in [0.25, 0.3) is 11.8 Å². The zero-order valence-corrected chi connectivity index (χ0v) is 17.1. The summed E-state index contributed by atoms with van der Waals surface area (Å²) in [6, 6.07) is 14.5. The van der Waals surface area contributed by atoms with Crippen molar-refractivity contribution in [1.29, 1.82) is 0 Å². The van der Waals surface area contributed by atoms with Crippen LogP contribution in [0.15, 0.2) is 54.6 Å². The zero-order chi connectivity index (χ0) is 22.1. The maximum Gasteiger partial charge on any atom is 0.311 e. The van der Waals surface area contributed by atoms with Gasteiger partial charge in [0.05, 0.1) is 12.5 Å². The van der Waals surface area contributed by atoms with Crippen molar-refractivity contribution in [3.8, 4) is 5.75 Å². The van der Waals surface area contributed by atoms with Gasteiger partial charge in [-0.3, -0.25) is 14.4 Å². The Morgan fingerprint density at radius 1 is 1.06 bits per heavy atom. The van der Waals surface area contributed by atoms with E-state index in [2.05, 4.69) is 5.32 Å². The summed E-state index contributed by atoms with van der Waals surface area (Å²) in [5.41, 5.74) is 0.368. The largest absolute Gasteiger partial charge is 0.492 e. The lowest BCUT2D eigenvalue weighted by Gasteiger charge is -2.31. The Morgan fingerprint density at radius 2 is 1.81 bits per heavy atom.